The molecule has 0 spiro atoms. The summed E-state index contributed by atoms with van der Waals surface area (Å²) in [4.78, 5) is 14.3. The summed E-state index contributed by atoms with van der Waals surface area (Å²) < 4.78 is 5.92. The van der Waals surface area contributed by atoms with Gasteiger partial charge in [0.05, 0.1) is 39.2 Å². The molecule has 1 atom stereocenters. The molecule has 202 valence electrons. The SMILES string of the molecule is CC(C)(C)c1ccc(C(O)C[NH2+]CCC(=O)c2cccc(OCCC[NH+]3CCCCC3)c2)cc1.[Cl-].[Cl-]. The average Bonchev–Trinajstić information content (AvgIpc) is 2.84. The number of carbonyl (C=O) groups excluding carboxylic acids is 1. The van der Waals surface area contributed by atoms with Crippen molar-refractivity contribution in [3.8, 4) is 5.75 Å². The second-order valence-electron chi connectivity index (χ2n) is 10.7. The summed E-state index contributed by atoms with van der Waals surface area (Å²) in [6.45, 7) is 12.2. The van der Waals surface area contributed by atoms with Gasteiger partial charge in [-0.25, -0.2) is 0 Å². The summed E-state index contributed by atoms with van der Waals surface area (Å²) in [5, 5.41) is 12.5. The highest BCUT2D eigenvalue weighted by Gasteiger charge is 2.16. The first kappa shape index (κ1) is 32.4. The van der Waals surface area contributed by atoms with E-state index < -0.39 is 6.10 Å². The topological polar surface area (TPSA) is 67.6 Å². The van der Waals surface area contributed by atoms with Crippen LogP contribution >= 0.6 is 0 Å². The van der Waals surface area contributed by atoms with E-state index in [1.54, 1.807) is 4.90 Å². The Balaban J connectivity index is 0.00000324. The molecule has 1 aliphatic rings. The molecular formula is C29H44Cl2N2O3. The normalized spacial score (nSPS) is 14.9. The summed E-state index contributed by atoms with van der Waals surface area (Å²) in [7, 11) is 0. The largest absolute Gasteiger partial charge is 1.00 e. The minimum absolute atomic E-state index is 0. The molecule has 0 saturated carbocycles. The van der Waals surface area contributed by atoms with Crippen LogP contribution < -0.4 is 39.8 Å². The molecule has 1 saturated heterocycles. The Labute approximate surface area is 229 Å². The van der Waals surface area contributed by atoms with E-state index in [1.165, 1.54) is 44.5 Å². The van der Waals surface area contributed by atoms with E-state index in [0.717, 1.165) is 17.7 Å². The molecule has 0 aromatic heterocycles. The van der Waals surface area contributed by atoms with Crippen molar-refractivity contribution in [1.29, 1.82) is 0 Å². The number of ketones is 1. The molecule has 0 bridgehead atoms. The van der Waals surface area contributed by atoms with Crippen molar-refractivity contribution in [3.05, 3.63) is 65.2 Å². The fourth-order valence-corrected chi connectivity index (χ4v) is 4.57. The van der Waals surface area contributed by atoms with E-state index in [4.69, 9.17) is 4.74 Å². The van der Waals surface area contributed by atoms with Gasteiger partial charge in [0.2, 0.25) is 0 Å². The van der Waals surface area contributed by atoms with Crippen LogP contribution in [-0.2, 0) is 5.41 Å². The Morgan fingerprint density at radius 2 is 1.75 bits per heavy atom. The molecule has 0 aliphatic carbocycles. The second-order valence-corrected chi connectivity index (χ2v) is 10.7. The zero-order chi connectivity index (χ0) is 24.4. The molecule has 3 rings (SSSR count). The lowest BCUT2D eigenvalue weighted by atomic mass is 9.86. The van der Waals surface area contributed by atoms with Gasteiger partial charge in [0.1, 0.15) is 18.4 Å². The number of quaternary nitrogens is 2. The monoisotopic (exact) mass is 538 g/mol. The average molecular weight is 540 g/mol. The first-order valence-corrected chi connectivity index (χ1v) is 13.0. The van der Waals surface area contributed by atoms with Gasteiger partial charge < -0.3 is 44.9 Å². The van der Waals surface area contributed by atoms with Crippen molar-refractivity contribution in [1.82, 2.24) is 0 Å². The minimum atomic E-state index is -0.535. The van der Waals surface area contributed by atoms with E-state index >= 15 is 0 Å². The molecule has 4 N–H and O–H groups in total. The first-order valence-electron chi connectivity index (χ1n) is 13.0. The van der Waals surface area contributed by atoms with E-state index in [0.29, 0.717) is 31.7 Å². The van der Waals surface area contributed by atoms with Gasteiger partial charge in [-0.3, -0.25) is 4.79 Å². The molecule has 1 unspecified atom stereocenters. The summed E-state index contributed by atoms with van der Waals surface area (Å²) in [6, 6.07) is 15.7. The van der Waals surface area contributed by atoms with E-state index in [9.17, 15) is 9.90 Å². The highest BCUT2D eigenvalue weighted by atomic mass is 35.5. The predicted molar refractivity (Wildman–Crippen MR) is 137 cm³/mol. The third-order valence-corrected chi connectivity index (χ3v) is 6.79. The maximum absolute atomic E-state index is 12.6. The molecular weight excluding hydrogens is 495 g/mol. The molecule has 0 amide bonds. The van der Waals surface area contributed by atoms with Crippen LogP contribution in [0.4, 0.5) is 0 Å². The molecule has 2 aromatic rings. The summed E-state index contributed by atoms with van der Waals surface area (Å²) >= 11 is 0. The number of nitrogens with two attached hydrogens (primary N) is 1. The summed E-state index contributed by atoms with van der Waals surface area (Å²) in [5.41, 5.74) is 2.98. The fraction of sp³-hybridized carbons (Fsp3) is 0.552. The van der Waals surface area contributed by atoms with Crippen LogP contribution in [0.3, 0.4) is 0 Å². The van der Waals surface area contributed by atoms with Gasteiger partial charge in [0.15, 0.2) is 5.78 Å². The Morgan fingerprint density at radius 1 is 1.06 bits per heavy atom. The second kappa shape index (κ2) is 16.3. The van der Waals surface area contributed by atoms with Crippen molar-refractivity contribution in [2.75, 3.05) is 39.3 Å². The number of hydrogen-bond donors (Lipinski definition) is 3. The van der Waals surface area contributed by atoms with Crippen LogP contribution in [0.25, 0.3) is 0 Å². The number of halogens is 2. The number of piperidine rings is 1. The van der Waals surface area contributed by atoms with Crippen molar-refractivity contribution in [2.45, 2.75) is 64.4 Å². The number of hydrogen-bond acceptors (Lipinski definition) is 3. The first-order chi connectivity index (χ1) is 16.3. The Kier molecular flexibility index (Phi) is 14.6. The lowest BCUT2D eigenvalue weighted by Gasteiger charge is -2.23. The highest BCUT2D eigenvalue weighted by Crippen LogP contribution is 2.23. The predicted octanol–water partition coefficient (Wildman–Crippen LogP) is -3.30. The molecule has 7 heteroatoms. The summed E-state index contributed by atoms with van der Waals surface area (Å²) in [6.07, 6.45) is 5.03. The molecule has 0 radical (unpaired) electrons. The zero-order valence-electron chi connectivity index (χ0n) is 22.1. The molecule has 2 aromatic carbocycles. The maximum Gasteiger partial charge on any atom is 0.168 e. The van der Waals surface area contributed by atoms with Crippen molar-refractivity contribution in [2.24, 2.45) is 0 Å². The lowest BCUT2D eigenvalue weighted by molar-refractivity contribution is -0.905. The van der Waals surface area contributed by atoms with Crippen LogP contribution in [0.5, 0.6) is 5.75 Å². The number of rotatable bonds is 12. The third kappa shape index (κ3) is 10.8. The third-order valence-electron chi connectivity index (χ3n) is 6.79. The standard InChI is InChI=1S/C29H42N2O3.2ClH/c1-29(2,3)25-13-11-23(12-14-25)28(33)22-30-16-15-27(32)24-9-7-10-26(21-24)34-20-8-19-31-17-5-4-6-18-31;;/h7,9-14,21,28,30,33H,4-6,8,15-20,22H2,1-3H3;2*1H. The van der Waals surface area contributed by atoms with Gasteiger partial charge in [-0.2, -0.15) is 0 Å². The van der Waals surface area contributed by atoms with Gasteiger partial charge in [-0.05, 0) is 47.9 Å². The number of nitrogens with one attached hydrogen (secondary N) is 1. The Bertz CT molecular complexity index is 894. The fourth-order valence-electron chi connectivity index (χ4n) is 4.57. The Morgan fingerprint density at radius 3 is 2.42 bits per heavy atom. The smallest absolute Gasteiger partial charge is 0.168 e. The van der Waals surface area contributed by atoms with Gasteiger partial charge in [-0.15, -0.1) is 0 Å². The van der Waals surface area contributed by atoms with Crippen LogP contribution in [0.15, 0.2) is 48.5 Å². The van der Waals surface area contributed by atoms with Gasteiger partial charge >= 0.3 is 0 Å². The lowest BCUT2D eigenvalue weighted by Crippen LogP contribution is -3.12. The quantitative estimate of drug-likeness (QED) is 0.196. The number of benzene rings is 2. The van der Waals surface area contributed by atoms with E-state index in [1.807, 2.05) is 41.7 Å². The number of Topliss-reactive ketones (excluding diaryl/α,β-unsaturated/α-hetero) is 1. The molecule has 1 fully saturated rings. The zero-order valence-corrected chi connectivity index (χ0v) is 23.6. The van der Waals surface area contributed by atoms with Gasteiger partial charge in [-0.1, -0.05) is 57.2 Å². The summed E-state index contributed by atoms with van der Waals surface area (Å²) in [5.74, 6) is 0.890. The molecule has 36 heavy (non-hydrogen) atoms. The minimum Gasteiger partial charge on any atom is -1.00 e. The van der Waals surface area contributed by atoms with Crippen molar-refractivity contribution >= 4 is 5.78 Å². The number of aliphatic hydroxyl groups is 1. The number of ether oxygens (including phenoxy) is 1. The number of aliphatic hydroxyl groups excluding tert-OH is 1. The number of likely N-dealkylation sites (tertiary alicyclic amines) is 1. The van der Waals surface area contributed by atoms with Gasteiger partial charge in [0.25, 0.3) is 0 Å². The van der Waals surface area contributed by atoms with Crippen molar-refractivity contribution < 1.29 is 49.7 Å². The van der Waals surface area contributed by atoms with Gasteiger partial charge in [0, 0.05) is 12.0 Å². The molecule has 1 aliphatic heterocycles. The van der Waals surface area contributed by atoms with Crippen LogP contribution in [0.2, 0.25) is 0 Å². The van der Waals surface area contributed by atoms with E-state index in [-0.39, 0.29) is 36.0 Å². The van der Waals surface area contributed by atoms with Crippen LogP contribution in [-0.4, -0.2) is 50.2 Å². The van der Waals surface area contributed by atoms with Crippen LogP contribution in [0.1, 0.15) is 80.5 Å². The Hall–Kier alpha value is -1.63. The van der Waals surface area contributed by atoms with Crippen LogP contribution in [0, 0.1) is 0 Å². The van der Waals surface area contributed by atoms with Crippen molar-refractivity contribution in [3.63, 3.8) is 0 Å². The molecule has 1 heterocycles. The molecule has 5 nitrogen and oxygen atoms in total. The number of carbonyl (C=O) groups is 1. The maximum atomic E-state index is 12.6. The van der Waals surface area contributed by atoms with E-state index in [2.05, 4.69) is 32.9 Å². The highest BCUT2D eigenvalue weighted by molar-refractivity contribution is 5.96.